The highest BCUT2D eigenvalue weighted by molar-refractivity contribution is 6.62. The number of nitrogens with zero attached hydrogens (tertiary/aromatic N) is 6. The summed E-state index contributed by atoms with van der Waals surface area (Å²) >= 11 is 5.43. The van der Waals surface area contributed by atoms with Gasteiger partial charge in [-0.2, -0.15) is 0 Å². The molecule has 1 aliphatic rings. The molecule has 0 atom stereocenters. The zero-order valence-electron chi connectivity index (χ0n) is 34.5. The maximum Gasteiger partial charge on any atom is 0.496 e. The molecule has 8 aromatic heterocycles. The number of pyridine rings is 4. The quantitative estimate of drug-likeness (QED) is 0.0979. The lowest BCUT2D eigenvalue weighted by atomic mass is 9.80. The van der Waals surface area contributed by atoms with E-state index in [1.54, 1.807) is 12.3 Å². The highest BCUT2D eigenvalue weighted by Crippen LogP contribution is 2.41. The first kappa shape index (κ1) is 43.0. The van der Waals surface area contributed by atoms with Crippen LogP contribution in [-0.4, -0.2) is 47.1 Å². The molecule has 1 fully saturated rings. The van der Waals surface area contributed by atoms with Crippen LogP contribution in [-0.2, 0) is 9.31 Å². The Bertz CT molecular complexity index is 3520. The van der Waals surface area contributed by atoms with Crippen LogP contribution >= 0.6 is 11.6 Å². The summed E-state index contributed by atoms with van der Waals surface area (Å²) in [6.07, 6.45) is 7.30. The van der Waals surface area contributed by atoms with E-state index in [0.29, 0.717) is 5.15 Å². The van der Waals surface area contributed by atoms with Gasteiger partial charge in [0.15, 0.2) is 0 Å². The minimum Gasteiger partial charge on any atom is -0.399 e. The summed E-state index contributed by atoms with van der Waals surface area (Å²) < 4.78 is 17.1. The molecule has 0 saturated carbocycles. The first-order valence-corrected chi connectivity index (χ1v) is 20.5. The van der Waals surface area contributed by atoms with Crippen molar-refractivity contribution >= 4 is 101 Å². The molecule has 10 heteroatoms. The van der Waals surface area contributed by atoms with Gasteiger partial charge in [-0.1, -0.05) is 111 Å². The lowest BCUT2D eigenvalue weighted by Crippen LogP contribution is -2.41. The van der Waals surface area contributed by atoms with Gasteiger partial charge in [-0.05, 0) is 76.2 Å². The summed E-state index contributed by atoms with van der Waals surface area (Å²) in [6, 6.07) is 45.8. The molecule has 9 heterocycles. The lowest BCUT2D eigenvalue weighted by Gasteiger charge is -2.32. The molecule has 0 amide bonds. The van der Waals surface area contributed by atoms with Crippen LogP contribution in [0.1, 0.15) is 42.5 Å². The molecule has 63 heavy (non-hydrogen) atoms. The maximum atomic E-state index is 6.24. The van der Waals surface area contributed by atoms with Crippen molar-refractivity contribution in [1.29, 1.82) is 0 Å². The number of hydrogen-bond donors (Lipinski definition) is 0. The smallest absolute Gasteiger partial charge is 0.399 e. The number of benzene rings is 4. The van der Waals surface area contributed by atoms with E-state index in [4.69, 9.17) is 30.9 Å². The Morgan fingerprint density at radius 1 is 0.492 bits per heavy atom. The molecule has 0 bridgehead atoms. The zero-order valence-corrected chi connectivity index (χ0v) is 35.2. The predicted octanol–water partition coefficient (Wildman–Crippen LogP) is 13.3. The Labute approximate surface area is 372 Å². The molecule has 12 aromatic rings. The van der Waals surface area contributed by atoms with Crippen LogP contribution in [0.4, 0.5) is 0 Å². The standard InChI is InChI=1S/C23H21BN2O2.C22H13N3.C5H4ClN.2CH4.CH3/c1-22(2)23(3,4)28-24(27-22)14-12-18-17-10-7-9-16-15-8-5-6-11-19(15)26(20(16)17)21(18)25-13-14;1-2-10-20-15(6-1)16-7-5-8-17-18-12-14(19-9-3-4-11-23-19)13-24-22(18)25(20)21(16)17;6-5-3-1-2-4-7-5;;;/h5-13H,1-4H3;1-13H;1-4H;2*1H4;1H3/q;;;;;-1. The van der Waals surface area contributed by atoms with Crippen molar-refractivity contribution in [2.45, 2.75) is 53.8 Å². The molecule has 1 aliphatic heterocycles. The number of fused-ring (bicyclic) bond motifs is 12. The molecular weight excluding hydrogens is 799 g/mol. The Morgan fingerprint density at radius 2 is 0.952 bits per heavy atom. The van der Waals surface area contributed by atoms with E-state index in [1.165, 1.54) is 59.8 Å². The fraction of sp³-hybridized carbons (Fsp3) is 0.151. The second-order valence-corrected chi connectivity index (χ2v) is 16.7. The van der Waals surface area contributed by atoms with Crippen LogP contribution in [0.5, 0.6) is 0 Å². The van der Waals surface area contributed by atoms with Crippen LogP contribution in [0.15, 0.2) is 158 Å². The van der Waals surface area contributed by atoms with Gasteiger partial charge >= 0.3 is 7.12 Å². The van der Waals surface area contributed by atoms with Crippen LogP contribution in [0, 0.1) is 7.43 Å². The summed E-state index contributed by atoms with van der Waals surface area (Å²) in [7, 11) is -0.404. The largest absolute Gasteiger partial charge is 0.496 e. The van der Waals surface area contributed by atoms with Gasteiger partial charge in [0, 0.05) is 78.9 Å². The van der Waals surface area contributed by atoms with Crippen molar-refractivity contribution in [2.75, 3.05) is 0 Å². The van der Waals surface area contributed by atoms with Gasteiger partial charge in [-0.25, -0.2) is 15.0 Å². The molecule has 0 spiro atoms. The third-order valence-electron chi connectivity index (χ3n) is 12.3. The van der Waals surface area contributed by atoms with Crippen LogP contribution in [0.25, 0.3) is 87.7 Å². The summed E-state index contributed by atoms with van der Waals surface area (Å²) in [4.78, 5) is 17.9. The van der Waals surface area contributed by atoms with Crippen molar-refractivity contribution in [1.82, 2.24) is 28.7 Å². The molecular formula is C53H49BClN6O2-. The predicted molar refractivity (Wildman–Crippen MR) is 266 cm³/mol. The molecule has 0 unspecified atom stereocenters. The first-order chi connectivity index (χ1) is 29.2. The van der Waals surface area contributed by atoms with Gasteiger partial charge in [0.25, 0.3) is 0 Å². The molecule has 0 radical (unpaired) electrons. The van der Waals surface area contributed by atoms with Crippen LogP contribution in [0.3, 0.4) is 0 Å². The van der Waals surface area contributed by atoms with E-state index in [0.717, 1.165) is 33.4 Å². The van der Waals surface area contributed by atoms with Crippen molar-refractivity contribution in [3.63, 3.8) is 0 Å². The average molecular weight is 848 g/mol. The lowest BCUT2D eigenvalue weighted by molar-refractivity contribution is 0.00578. The highest BCUT2D eigenvalue weighted by atomic mass is 35.5. The van der Waals surface area contributed by atoms with Gasteiger partial charge in [-0.15, -0.1) is 0 Å². The number of rotatable bonds is 2. The number of para-hydroxylation sites is 4. The SMILES string of the molecule is C.C.CC1(C)OB(c2cnc3c(c2)c2cccc4c5ccccc5n3c42)OC1(C)C.Clc1ccccn1.[CH3-].c1ccc(-c2cnc3c(c2)c2cccc4c5ccccc5n3c42)nc1. The molecule has 0 N–H and O–H groups in total. The number of halogens is 1. The van der Waals surface area contributed by atoms with Gasteiger partial charge in [-0.3, -0.25) is 13.8 Å². The van der Waals surface area contributed by atoms with E-state index >= 15 is 0 Å². The number of aromatic nitrogens is 6. The van der Waals surface area contributed by atoms with Crippen molar-refractivity contribution < 1.29 is 9.31 Å². The Hall–Kier alpha value is -6.65. The molecule has 1 saturated heterocycles. The fourth-order valence-electron chi connectivity index (χ4n) is 8.72. The summed E-state index contributed by atoms with van der Waals surface area (Å²) in [5, 5.41) is 10.4. The zero-order chi connectivity index (χ0) is 40.8. The molecule has 8 nitrogen and oxygen atoms in total. The van der Waals surface area contributed by atoms with E-state index in [-0.39, 0.29) is 33.5 Å². The van der Waals surface area contributed by atoms with Gasteiger partial charge in [0.1, 0.15) is 16.4 Å². The second-order valence-electron chi connectivity index (χ2n) is 16.3. The Balaban J connectivity index is 0.000000144. The van der Waals surface area contributed by atoms with E-state index in [2.05, 4.69) is 144 Å². The normalized spacial score (nSPS) is 14.1. The summed E-state index contributed by atoms with van der Waals surface area (Å²) in [5.74, 6) is 0. The van der Waals surface area contributed by atoms with E-state index in [1.807, 2.05) is 48.9 Å². The monoisotopic (exact) mass is 847 g/mol. The Kier molecular flexibility index (Phi) is 11.1. The average Bonchev–Trinajstić information content (AvgIpc) is 4.05. The van der Waals surface area contributed by atoms with Crippen LogP contribution < -0.4 is 5.46 Å². The summed E-state index contributed by atoms with van der Waals surface area (Å²) in [5.41, 5.74) is 9.11. The molecule has 314 valence electrons. The molecule has 4 aromatic carbocycles. The summed E-state index contributed by atoms with van der Waals surface area (Å²) in [6.45, 7) is 8.30. The minimum atomic E-state index is -0.404. The third kappa shape index (κ3) is 6.79. The highest BCUT2D eigenvalue weighted by Gasteiger charge is 2.52. The fourth-order valence-corrected chi connectivity index (χ4v) is 8.85. The third-order valence-corrected chi connectivity index (χ3v) is 12.5. The van der Waals surface area contributed by atoms with Gasteiger partial charge in [0.2, 0.25) is 0 Å². The van der Waals surface area contributed by atoms with Crippen molar-refractivity contribution in [2.24, 2.45) is 0 Å². The maximum absolute atomic E-state index is 6.24. The second kappa shape index (κ2) is 16.2. The van der Waals surface area contributed by atoms with Crippen molar-refractivity contribution in [3.8, 4) is 11.3 Å². The van der Waals surface area contributed by atoms with E-state index in [9.17, 15) is 0 Å². The van der Waals surface area contributed by atoms with Crippen molar-refractivity contribution in [3.05, 3.63) is 171 Å². The number of hydrogen-bond acceptors (Lipinski definition) is 6. The topological polar surface area (TPSA) is 78.8 Å². The van der Waals surface area contributed by atoms with Crippen LogP contribution in [0.2, 0.25) is 5.15 Å². The van der Waals surface area contributed by atoms with Gasteiger partial charge in [0.05, 0.1) is 39.0 Å². The Morgan fingerprint density at radius 3 is 1.44 bits per heavy atom. The molecule has 13 rings (SSSR count). The van der Waals surface area contributed by atoms with Gasteiger partial charge < -0.3 is 16.7 Å². The van der Waals surface area contributed by atoms with E-state index < -0.39 is 7.12 Å². The first-order valence-electron chi connectivity index (χ1n) is 20.1. The molecule has 0 aliphatic carbocycles. The minimum absolute atomic E-state index is 0.